The van der Waals surface area contributed by atoms with Gasteiger partial charge in [-0.3, -0.25) is 4.79 Å². The highest BCUT2D eigenvalue weighted by Crippen LogP contribution is 2.22. The summed E-state index contributed by atoms with van der Waals surface area (Å²) in [6, 6.07) is 20.4. The summed E-state index contributed by atoms with van der Waals surface area (Å²) in [4.78, 5) is 24.2. The zero-order valence-corrected chi connectivity index (χ0v) is 15.1. The van der Waals surface area contributed by atoms with Crippen LogP contribution in [-0.2, 0) is 9.53 Å². The lowest BCUT2D eigenvalue weighted by Crippen LogP contribution is -2.37. The average molecular weight is 378 g/mol. The third-order valence-corrected chi connectivity index (χ3v) is 3.79. The molecule has 0 fully saturated rings. The second-order valence-electron chi connectivity index (χ2n) is 5.89. The smallest absolute Gasteiger partial charge is 0.405 e. The number of pyridine rings is 1. The van der Waals surface area contributed by atoms with Crippen LogP contribution in [0.15, 0.2) is 79.0 Å². The Kier molecular flexibility index (Phi) is 5.86. The number of nitrogens with one attached hydrogen (secondary N) is 1. The number of carbonyl (C=O) groups is 2. The van der Waals surface area contributed by atoms with Crippen molar-refractivity contribution >= 4 is 17.6 Å². The third kappa shape index (κ3) is 4.85. The molecule has 3 rings (SSSR count). The molecule has 0 saturated heterocycles. The van der Waals surface area contributed by atoms with Crippen molar-refractivity contribution in [3.63, 3.8) is 0 Å². The fraction of sp³-hybridized carbons (Fsp3) is 0.0952. The van der Waals surface area contributed by atoms with E-state index in [9.17, 15) is 14.8 Å². The Labute approximate surface area is 161 Å². The number of esters is 1. The van der Waals surface area contributed by atoms with E-state index in [0.29, 0.717) is 21.9 Å². The largest absolute Gasteiger partial charge is 0.618 e. The molecule has 0 saturated carbocycles. The van der Waals surface area contributed by atoms with E-state index in [1.54, 1.807) is 24.3 Å². The zero-order valence-electron chi connectivity index (χ0n) is 15.1. The Morgan fingerprint density at radius 2 is 1.57 bits per heavy atom. The van der Waals surface area contributed by atoms with Crippen LogP contribution >= 0.6 is 0 Å². The van der Waals surface area contributed by atoms with Gasteiger partial charge in [0.2, 0.25) is 0 Å². The van der Waals surface area contributed by atoms with Crippen LogP contribution in [0.4, 0.5) is 5.69 Å². The van der Waals surface area contributed by atoms with Gasteiger partial charge < -0.3 is 20.0 Å². The van der Waals surface area contributed by atoms with Crippen molar-refractivity contribution in [2.45, 2.75) is 13.0 Å². The van der Waals surface area contributed by atoms with Gasteiger partial charge in [0, 0.05) is 17.8 Å². The lowest BCUT2D eigenvalue weighted by atomic mass is 10.2. The van der Waals surface area contributed by atoms with Gasteiger partial charge in [0.05, 0.1) is 0 Å². The maximum absolute atomic E-state index is 12.2. The first-order chi connectivity index (χ1) is 13.5. The number of para-hydroxylation sites is 1. The topological polar surface area (TPSA) is 91.6 Å². The number of rotatable bonds is 6. The quantitative estimate of drug-likeness (QED) is 0.404. The Hall–Kier alpha value is -3.87. The minimum atomic E-state index is -1.08. The number of hydrogen-bond acceptors (Lipinski definition) is 5. The van der Waals surface area contributed by atoms with E-state index < -0.39 is 18.0 Å². The number of carbonyl (C=O) groups excluding carboxylic acids is 2. The van der Waals surface area contributed by atoms with Crippen LogP contribution < -0.4 is 14.8 Å². The normalized spacial score (nSPS) is 11.3. The van der Waals surface area contributed by atoms with Crippen molar-refractivity contribution in [2.75, 3.05) is 5.32 Å². The van der Waals surface area contributed by atoms with Gasteiger partial charge in [0.15, 0.2) is 12.3 Å². The van der Waals surface area contributed by atoms with E-state index in [1.165, 1.54) is 31.3 Å². The predicted molar refractivity (Wildman–Crippen MR) is 102 cm³/mol. The SMILES string of the molecule is C[C@H](OC(=O)c1cccc[n+]1[O-])C(=O)Nc1ccc(Oc2ccccc2)cc1. The van der Waals surface area contributed by atoms with Crippen molar-refractivity contribution in [1.82, 2.24) is 0 Å². The van der Waals surface area contributed by atoms with E-state index in [-0.39, 0.29) is 5.69 Å². The lowest BCUT2D eigenvalue weighted by molar-refractivity contribution is -0.608. The fourth-order valence-corrected chi connectivity index (χ4v) is 2.34. The van der Waals surface area contributed by atoms with Crippen molar-refractivity contribution < 1.29 is 23.8 Å². The molecule has 0 radical (unpaired) electrons. The molecule has 3 aromatic rings. The van der Waals surface area contributed by atoms with Crippen molar-refractivity contribution in [3.05, 3.63) is 89.9 Å². The van der Waals surface area contributed by atoms with Gasteiger partial charge in [-0.25, -0.2) is 4.79 Å². The van der Waals surface area contributed by atoms with Crippen molar-refractivity contribution in [3.8, 4) is 11.5 Å². The monoisotopic (exact) mass is 378 g/mol. The van der Waals surface area contributed by atoms with Crippen LogP contribution in [-0.4, -0.2) is 18.0 Å². The van der Waals surface area contributed by atoms with Gasteiger partial charge in [0.1, 0.15) is 11.5 Å². The first-order valence-electron chi connectivity index (χ1n) is 8.56. The van der Waals surface area contributed by atoms with Gasteiger partial charge in [-0.15, -0.1) is 0 Å². The van der Waals surface area contributed by atoms with E-state index >= 15 is 0 Å². The van der Waals surface area contributed by atoms with Crippen LogP contribution in [0.1, 0.15) is 17.4 Å². The summed E-state index contributed by atoms with van der Waals surface area (Å²) in [5.41, 5.74) is 0.330. The fourth-order valence-electron chi connectivity index (χ4n) is 2.34. The Morgan fingerprint density at radius 3 is 2.25 bits per heavy atom. The number of benzene rings is 2. The minimum absolute atomic E-state index is 0.190. The molecule has 1 atom stereocenters. The first-order valence-corrected chi connectivity index (χ1v) is 8.56. The molecule has 0 aliphatic carbocycles. The maximum atomic E-state index is 12.2. The molecule has 1 N–H and O–H groups in total. The number of ether oxygens (including phenoxy) is 2. The molecule has 7 nitrogen and oxygen atoms in total. The Balaban J connectivity index is 1.56. The number of aromatic nitrogens is 1. The Morgan fingerprint density at radius 1 is 0.929 bits per heavy atom. The maximum Gasteiger partial charge on any atom is 0.405 e. The lowest BCUT2D eigenvalue weighted by Gasteiger charge is -2.13. The molecule has 7 heteroatoms. The summed E-state index contributed by atoms with van der Waals surface area (Å²) in [5.74, 6) is -0.0626. The third-order valence-electron chi connectivity index (χ3n) is 3.79. The van der Waals surface area contributed by atoms with E-state index in [2.05, 4.69) is 5.32 Å². The Bertz CT molecular complexity index is 958. The molecule has 2 aromatic carbocycles. The highest BCUT2D eigenvalue weighted by atomic mass is 16.6. The van der Waals surface area contributed by atoms with Crippen LogP contribution in [0.25, 0.3) is 0 Å². The van der Waals surface area contributed by atoms with Crippen molar-refractivity contribution in [1.29, 1.82) is 0 Å². The number of nitrogens with zero attached hydrogens (tertiary/aromatic N) is 1. The summed E-state index contributed by atoms with van der Waals surface area (Å²) < 4.78 is 11.1. The number of anilines is 1. The van der Waals surface area contributed by atoms with Gasteiger partial charge in [0.25, 0.3) is 5.91 Å². The summed E-state index contributed by atoms with van der Waals surface area (Å²) >= 11 is 0. The zero-order chi connectivity index (χ0) is 19.9. The number of amides is 1. The first kappa shape index (κ1) is 18.9. The summed E-state index contributed by atoms with van der Waals surface area (Å²) in [7, 11) is 0. The highest BCUT2D eigenvalue weighted by molar-refractivity contribution is 5.96. The summed E-state index contributed by atoms with van der Waals surface area (Å²) in [6.07, 6.45) is 0.105. The standard InChI is InChI=1S/C21H18N2O5/c1-15(27-21(25)19-9-5-6-14-23(19)26)20(24)22-16-10-12-18(13-11-16)28-17-7-3-2-4-8-17/h2-15H,1H3,(H,22,24)/t15-/m0/s1. The molecule has 0 aliphatic heterocycles. The van der Waals surface area contributed by atoms with Gasteiger partial charge in [-0.2, -0.15) is 4.73 Å². The second-order valence-corrected chi connectivity index (χ2v) is 5.89. The van der Waals surface area contributed by atoms with Gasteiger partial charge >= 0.3 is 11.7 Å². The van der Waals surface area contributed by atoms with E-state index in [4.69, 9.17) is 9.47 Å². The average Bonchev–Trinajstić information content (AvgIpc) is 2.70. The molecule has 1 aromatic heterocycles. The van der Waals surface area contributed by atoms with Crippen LogP contribution in [0, 0.1) is 5.21 Å². The highest BCUT2D eigenvalue weighted by Gasteiger charge is 2.23. The second kappa shape index (κ2) is 8.68. The van der Waals surface area contributed by atoms with Crippen LogP contribution in [0.2, 0.25) is 0 Å². The molecule has 0 unspecified atom stereocenters. The van der Waals surface area contributed by atoms with Crippen molar-refractivity contribution in [2.24, 2.45) is 0 Å². The molecule has 142 valence electrons. The minimum Gasteiger partial charge on any atom is -0.618 e. The van der Waals surface area contributed by atoms with Gasteiger partial charge in [-0.05, 0) is 49.4 Å². The molecular formula is C21H18N2O5. The molecule has 0 bridgehead atoms. The summed E-state index contributed by atoms with van der Waals surface area (Å²) in [6.45, 7) is 1.43. The van der Waals surface area contributed by atoms with E-state index in [1.807, 2.05) is 30.3 Å². The molecule has 0 spiro atoms. The molecule has 1 heterocycles. The number of hydrogen-bond donors (Lipinski definition) is 1. The van der Waals surface area contributed by atoms with Crippen LogP contribution in [0.5, 0.6) is 11.5 Å². The summed E-state index contributed by atoms with van der Waals surface area (Å²) in [5, 5.41) is 14.2. The molecule has 1 amide bonds. The molecule has 0 aliphatic rings. The van der Waals surface area contributed by atoms with Gasteiger partial charge in [-0.1, -0.05) is 18.2 Å². The predicted octanol–water partition coefficient (Wildman–Crippen LogP) is 3.30. The van der Waals surface area contributed by atoms with Crippen LogP contribution in [0.3, 0.4) is 0 Å². The molecular weight excluding hydrogens is 360 g/mol. The molecule has 28 heavy (non-hydrogen) atoms. The van der Waals surface area contributed by atoms with E-state index in [0.717, 1.165) is 0 Å².